The van der Waals surface area contributed by atoms with Crippen LogP contribution in [0.3, 0.4) is 0 Å². The summed E-state index contributed by atoms with van der Waals surface area (Å²) in [5, 5.41) is 9.09. The highest BCUT2D eigenvalue weighted by atomic mass is 32.3. The molecule has 2 bridgehead atoms. The van der Waals surface area contributed by atoms with Gasteiger partial charge in [-0.3, -0.25) is 4.79 Å². The molecule has 0 aliphatic carbocycles. The first-order valence-corrected chi connectivity index (χ1v) is 9.03. The summed E-state index contributed by atoms with van der Waals surface area (Å²) in [4.78, 5) is 11.7. The van der Waals surface area contributed by atoms with Crippen LogP contribution in [0.1, 0.15) is 6.42 Å². The summed E-state index contributed by atoms with van der Waals surface area (Å²) in [6.45, 7) is 0. The second-order valence-electron chi connectivity index (χ2n) is 5.30. The van der Waals surface area contributed by atoms with E-state index < -0.39 is 61.6 Å². The molecule has 3 rings (SSSR count). The molecule has 0 aromatic heterocycles. The number of carbonyl (C=O) groups is 1. The van der Waals surface area contributed by atoms with E-state index in [4.69, 9.17) is 14.7 Å². The maximum absolute atomic E-state index is 12.2. The number of nitrogens with zero attached hydrogens (tertiary/aromatic N) is 1. The smallest absolute Gasteiger partial charge is 0.455 e. The van der Waals surface area contributed by atoms with Crippen LogP contribution in [0.25, 0.3) is 0 Å². The third-order valence-corrected chi connectivity index (χ3v) is 6.66. The molecule has 3 heterocycles. The molecular weight excluding hydrogens is 385 g/mol. The fourth-order valence-corrected chi connectivity index (χ4v) is 5.03. The van der Waals surface area contributed by atoms with Gasteiger partial charge >= 0.3 is 31.8 Å². The van der Waals surface area contributed by atoms with E-state index >= 15 is 0 Å². The van der Waals surface area contributed by atoms with Crippen LogP contribution < -0.4 is 4.13 Å². The average Bonchev–Trinajstić information content (AvgIpc) is 2.98. The Labute approximate surface area is 132 Å². The number of ether oxygens (including phenoxy) is 2. The van der Waals surface area contributed by atoms with Gasteiger partial charge in [-0.2, -0.15) is 26.9 Å². The molecule has 134 valence electrons. The van der Waals surface area contributed by atoms with E-state index in [9.17, 15) is 34.8 Å². The van der Waals surface area contributed by atoms with Crippen molar-refractivity contribution in [3.63, 3.8) is 0 Å². The minimum atomic E-state index is -6.22. The van der Waals surface area contributed by atoms with Gasteiger partial charge in [0.05, 0.1) is 12.2 Å². The van der Waals surface area contributed by atoms with Crippen molar-refractivity contribution >= 4 is 26.3 Å². The van der Waals surface area contributed by atoms with Crippen LogP contribution in [0.15, 0.2) is 0 Å². The Hall–Kier alpha value is -1.47. The lowest BCUT2D eigenvalue weighted by molar-refractivity contribution is -0.147. The van der Waals surface area contributed by atoms with Gasteiger partial charge in [0, 0.05) is 6.42 Å². The first-order chi connectivity index (χ1) is 10.8. The van der Waals surface area contributed by atoms with Crippen molar-refractivity contribution in [3.8, 4) is 6.07 Å². The monoisotopic (exact) mass is 392 g/mol. The molecule has 5 unspecified atom stereocenters. The second kappa shape index (κ2) is 4.79. The molecule has 5 atom stereocenters. The minimum absolute atomic E-state index is 0.282. The molecule has 15 heteroatoms. The second-order valence-corrected chi connectivity index (χ2v) is 8.54. The minimum Gasteiger partial charge on any atom is -0.455 e. The quantitative estimate of drug-likeness (QED) is 0.574. The molecule has 0 saturated carbocycles. The molecule has 0 aromatic carbocycles. The number of esters is 1. The van der Waals surface area contributed by atoms with Gasteiger partial charge in [-0.25, -0.2) is 12.6 Å². The number of nitrogens with one attached hydrogen (secondary N) is 1. The van der Waals surface area contributed by atoms with E-state index in [0.717, 1.165) is 0 Å². The van der Waals surface area contributed by atoms with Gasteiger partial charge in [-0.15, -0.1) is 0 Å². The highest BCUT2D eigenvalue weighted by molar-refractivity contribution is 8.03. The Morgan fingerprint density at radius 2 is 1.96 bits per heavy atom. The Balaban J connectivity index is 1.80. The largest absolute Gasteiger partial charge is 0.512 e. The molecule has 0 spiro atoms. The number of fused-ring (bicyclic) bond motifs is 1. The van der Waals surface area contributed by atoms with Gasteiger partial charge in [-0.05, 0) is 0 Å². The molecule has 3 fully saturated rings. The van der Waals surface area contributed by atoms with Gasteiger partial charge in [0.25, 0.3) is 0 Å². The number of sulfonamides is 1. The number of rotatable bonds is 4. The molecule has 1 N–H and O–H groups in total. The van der Waals surface area contributed by atoms with E-state index in [0.29, 0.717) is 4.13 Å². The van der Waals surface area contributed by atoms with Crippen LogP contribution in [0, 0.1) is 16.7 Å². The number of carbonyl (C=O) groups excluding carboxylic acids is 1. The summed E-state index contributed by atoms with van der Waals surface area (Å²) in [7, 11) is -11.6. The molecule has 24 heavy (non-hydrogen) atoms. The molecule has 0 radical (unpaired) electrons. The molecule has 0 aromatic rings. The van der Waals surface area contributed by atoms with Crippen LogP contribution in [0.2, 0.25) is 0 Å². The predicted molar refractivity (Wildman–Crippen MR) is 63.1 cm³/mol. The van der Waals surface area contributed by atoms with E-state index in [1.54, 1.807) is 6.07 Å². The summed E-state index contributed by atoms with van der Waals surface area (Å²) in [6.07, 6.45) is -5.46. The first-order valence-electron chi connectivity index (χ1n) is 6.14. The number of alkyl halides is 3. The third kappa shape index (κ3) is 2.29. The average molecular weight is 392 g/mol. The van der Waals surface area contributed by atoms with Crippen LogP contribution in [-0.4, -0.2) is 52.7 Å². The summed E-state index contributed by atoms with van der Waals surface area (Å²) in [5.41, 5.74) is -7.49. The van der Waals surface area contributed by atoms with E-state index in [-0.39, 0.29) is 6.42 Å². The van der Waals surface area contributed by atoms with Crippen LogP contribution in [-0.2, 0) is 38.8 Å². The molecule has 10 nitrogen and oxygen atoms in total. The lowest BCUT2D eigenvalue weighted by Crippen LogP contribution is -2.48. The molecule has 3 aliphatic heterocycles. The summed E-state index contributed by atoms with van der Waals surface area (Å²) in [6, 6.07) is 1.73. The van der Waals surface area contributed by atoms with E-state index in [2.05, 4.69) is 4.18 Å². The van der Waals surface area contributed by atoms with E-state index in [1.165, 1.54) is 0 Å². The van der Waals surface area contributed by atoms with Crippen molar-refractivity contribution in [1.82, 2.24) is 4.13 Å². The van der Waals surface area contributed by atoms with Gasteiger partial charge in [0.15, 0.2) is 11.5 Å². The van der Waals surface area contributed by atoms with Crippen molar-refractivity contribution < 1.29 is 48.5 Å². The predicted octanol–water partition coefficient (Wildman–Crippen LogP) is -1.34. The Kier molecular flexibility index (Phi) is 3.46. The lowest BCUT2D eigenvalue weighted by Gasteiger charge is -2.24. The fraction of sp³-hybridized carbons (Fsp3) is 0.778. The molecule has 3 saturated heterocycles. The number of halogens is 3. The maximum atomic E-state index is 12.2. The van der Waals surface area contributed by atoms with Crippen LogP contribution in [0.5, 0.6) is 0 Å². The SMILES string of the molecule is N#CC12CC3OC1C(OC2=O)C3OS(=O)(=O)NS(=O)(=O)C(F)(F)F. The van der Waals surface area contributed by atoms with Gasteiger partial charge < -0.3 is 9.47 Å². The number of hydrogen-bond donors (Lipinski definition) is 1. The maximum Gasteiger partial charge on any atom is 0.512 e. The highest BCUT2D eigenvalue weighted by Gasteiger charge is 2.74. The Morgan fingerprint density at radius 3 is 2.50 bits per heavy atom. The topological polar surface area (TPSA) is 149 Å². The zero-order valence-electron chi connectivity index (χ0n) is 11.2. The summed E-state index contributed by atoms with van der Waals surface area (Å²) in [5.74, 6) is -0.957. The van der Waals surface area contributed by atoms with Gasteiger partial charge in [0.2, 0.25) is 0 Å². The van der Waals surface area contributed by atoms with Crippen molar-refractivity contribution in [1.29, 1.82) is 5.26 Å². The highest BCUT2D eigenvalue weighted by Crippen LogP contribution is 2.55. The fourth-order valence-electron chi connectivity index (χ4n) is 2.90. The molecule has 0 amide bonds. The van der Waals surface area contributed by atoms with Gasteiger partial charge in [-0.1, -0.05) is 4.13 Å². The van der Waals surface area contributed by atoms with E-state index in [1.807, 2.05) is 0 Å². The standard InChI is InChI=1S/C9H7F3N2O8S2/c10-9(11,12)23(16,17)14-24(18,19)22-4-3-1-8(2-13)6(20-3)5(4)21-7(8)15/h3-6,14H,1H2. The summed E-state index contributed by atoms with van der Waals surface area (Å²) < 4.78 is 96.3. The van der Waals surface area contributed by atoms with Crippen LogP contribution >= 0.6 is 0 Å². The van der Waals surface area contributed by atoms with Crippen molar-refractivity contribution in [3.05, 3.63) is 0 Å². The van der Waals surface area contributed by atoms with Gasteiger partial charge in [0.1, 0.15) is 12.2 Å². The number of nitriles is 1. The zero-order valence-corrected chi connectivity index (χ0v) is 12.8. The van der Waals surface area contributed by atoms with Crippen LogP contribution in [0.4, 0.5) is 13.2 Å². The number of hydrogen-bond acceptors (Lipinski definition) is 9. The first kappa shape index (κ1) is 17.4. The zero-order chi connectivity index (χ0) is 18.1. The normalized spacial score (nSPS) is 38.2. The van der Waals surface area contributed by atoms with Crippen molar-refractivity contribution in [2.45, 2.75) is 36.3 Å². The summed E-state index contributed by atoms with van der Waals surface area (Å²) >= 11 is 0. The lowest BCUT2D eigenvalue weighted by atomic mass is 9.75. The molecular formula is C9H7F3N2O8S2. The van der Waals surface area contributed by atoms with Crippen molar-refractivity contribution in [2.75, 3.05) is 0 Å². The Bertz CT molecular complexity index is 847. The van der Waals surface area contributed by atoms with Crippen molar-refractivity contribution in [2.24, 2.45) is 5.41 Å². The third-order valence-electron chi connectivity index (χ3n) is 3.88. The Morgan fingerprint density at radius 1 is 1.33 bits per heavy atom. The molecule has 3 aliphatic rings.